The molecule has 2 atom stereocenters. The van der Waals surface area contributed by atoms with E-state index < -0.39 is 0 Å². The molecule has 3 aliphatic rings. The monoisotopic (exact) mass is 167 g/mol. The molecule has 2 heteroatoms. The summed E-state index contributed by atoms with van der Waals surface area (Å²) in [7, 11) is 0. The molecule has 11 heavy (non-hydrogen) atoms. The Morgan fingerprint density at radius 1 is 1.36 bits per heavy atom. The van der Waals surface area contributed by atoms with Crippen molar-refractivity contribution in [3.8, 4) is 0 Å². The maximum Gasteiger partial charge on any atom is 0.0342 e. The predicted octanol–water partition coefficient (Wildman–Crippen LogP) is 2.04. The average Bonchev–Trinajstić information content (AvgIpc) is 2.21. The molecule has 3 heterocycles. The van der Waals surface area contributed by atoms with Gasteiger partial charge < -0.3 is 4.90 Å². The van der Waals surface area contributed by atoms with Crippen molar-refractivity contribution in [2.24, 2.45) is 5.92 Å². The highest BCUT2D eigenvalue weighted by Gasteiger charge is 2.40. The summed E-state index contributed by atoms with van der Waals surface area (Å²) in [4.78, 5) is 3.48. The van der Waals surface area contributed by atoms with Gasteiger partial charge in [-0.2, -0.15) is 0 Å². The Morgan fingerprint density at radius 3 is 2.64 bits per heavy atom. The van der Waals surface area contributed by atoms with Gasteiger partial charge in [0.2, 0.25) is 0 Å². The summed E-state index contributed by atoms with van der Waals surface area (Å²) < 4.78 is 0. The van der Waals surface area contributed by atoms with E-state index in [9.17, 15) is 0 Å². The molecule has 3 rings (SSSR count). The molecule has 2 bridgehead atoms. The highest BCUT2D eigenvalue weighted by atomic mass is 32.1. The van der Waals surface area contributed by atoms with Gasteiger partial charge in [-0.15, -0.1) is 12.6 Å². The van der Waals surface area contributed by atoms with E-state index in [0.29, 0.717) is 18.0 Å². The summed E-state index contributed by atoms with van der Waals surface area (Å²) in [5, 5.41) is 0. The van der Waals surface area contributed by atoms with Crippen molar-refractivity contribution >= 4 is 12.6 Å². The summed E-state index contributed by atoms with van der Waals surface area (Å²) in [6, 6.07) is 1.34. The van der Waals surface area contributed by atoms with Gasteiger partial charge in [-0.3, -0.25) is 0 Å². The average molecular weight is 167 g/mol. The minimum absolute atomic E-state index is 0.672. The van der Waals surface area contributed by atoms with E-state index >= 15 is 0 Å². The third kappa shape index (κ3) is 0.924. The van der Waals surface area contributed by atoms with E-state index in [1.165, 1.54) is 0 Å². The van der Waals surface area contributed by atoms with Crippen LogP contribution in [-0.4, -0.2) is 17.0 Å². The fourth-order valence-corrected chi connectivity index (χ4v) is 2.27. The number of hydrogen-bond donors (Lipinski definition) is 1. The molecule has 0 aromatic heterocycles. The van der Waals surface area contributed by atoms with Gasteiger partial charge in [-0.05, 0) is 19.9 Å². The number of thiol groups is 1. The summed E-state index contributed by atoms with van der Waals surface area (Å²) in [6.07, 6.45) is 6.49. The van der Waals surface area contributed by atoms with E-state index in [1.807, 2.05) is 0 Å². The van der Waals surface area contributed by atoms with Gasteiger partial charge in [0, 0.05) is 29.1 Å². The van der Waals surface area contributed by atoms with Crippen molar-refractivity contribution in [2.45, 2.75) is 25.9 Å². The number of fused-ring (bicyclic) bond motifs is 1. The molecule has 60 valence electrons. The van der Waals surface area contributed by atoms with Crippen molar-refractivity contribution in [2.75, 3.05) is 0 Å². The van der Waals surface area contributed by atoms with E-state index in [-0.39, 0.29) is 0 Å². The summed E-state index contributed by atoms with van der Waals surface area (Å²) in [5.41, 5.74) is 0. The second-order valence-corrected chi connectivity index (χ2v) is 3.93. The normalized spacial score (nSPS) is 41.2. The molecule has 0 aromatic rings. The molecule has 0 radical (unpaired) electrons. The number of hydrogen-bond acceptors (Lipinski definition) is 2. The SMILES string of the molecule is CC1C2C=C(S)C=CN1C2C. The Hall–Kier alpha value is -0.370. The molecule has 3 aliphatic heterocycles. The Kier molecular flexibility index (Phi) is 1.53. The standard InChI is InChI=1S/C9H13NS/c1-6-9-5-8(11)3-4-10(6)7(9)2/h3-7,9,11H,1-2H3. The van der Waals surface area contributed by atoms with Crippen LogP contribution >= 0.6 is 12.6 Å². The lowest BCUT2D eigenvalue weighted by Crippen LogP contribution is -2.57. The Labute approximate surface area is 73.2 Å². The first-order valence-corrected chi connectivity index (χ1v) is 4.51. The third-order valence-electron chi connectivity index (χ3n) is 2.84. The molecule has 0 spiro atoms. The highest BCUT2D eigenvalue weighted by Crippen LogP contribution is 2.37. The molecule has 1 nitrogen and oxygen atoms in total. The Morgan fingerprint density at radius 2 is 2.00 bits per heavy atom. The van der Waals surface area contributed by atoms with Crippen molar-refractivity contribution in [3.05, 3.63) is 23.3 Å². The zero-order valence-corrected chi connectivity index (χ0v) is 7.75. The molecule has 0 saturated carbocycles. The lowest BCUT2D eigenvalue weighted by Gasteiger charge is -2.50. The zero-order valence-electron chi connectivity index (χ0n) is 6.86. The first-order chi connectivity index (χ1) is 5.20. The highest BCUT2D eigenvalue weighted by molar-refractivity contribution is 7.84. The van der Waals surface area contributed by atoms with Gasteiger partial charge in [0.1, 0.15) is 0 Å². The Bertz CT molecular complexity index is 222. The topological polar surface area (TPSA) is 3.24 Å². The predicted molar refractivity (Wildman–Crippen MR) is 50.5 cm³/mol. The first-order valence-electron chi connectivity index (χ1n) is 4.06. The molecule has 1 saturated heterocycles. The molecule has 1 fully saturated rings. The van der Waals surface area contributed by atoms with Crippen LogP contribution in [0.1, 0.15) is 13.8 Å². The summed E-state index contributed by atoms with van der Waals surface area (Å²) in [6.45, 7) is 4.52. The second-order valence-electron chi connectivity index (χ2n) is 3.41. The van der Waals surface area contributed by atoms with Gasteiger partial charge in [-0.1, -0.05) is 6.08 Å². The van der Waals surface area contributed by atoms with E-state index in [2.05, 4.69) is 49.7 Å². The lowest BCUT2D eigenvalue weighted by atomic mass is 9.82. The van der Waals surface area contributed by atoms with Crippen LogP contribution in [0.4, 0.5) is 0 Å². The largest absolute Gasteiger partial charge is 0.371 e. The Balaban J connectivity index is 2.30. The summed E-state index contributed by atoms with van der Waals surface area (Å²) >= 11 is 4.35. The molecule has 0 aromatic carbocycles. The van der Waals surface area contributed by atoms with Gasteiger partial charge in [0.05, 0.1) is 0 Å². The molecule has 0 amide bonds. The van der Waals surface area contributed by atoms with E-state index in [4.69, 9.17) is 0 Å². The van der Waals surface area contributed by atoms with E-state index in [1.54, 1.807) is 0 Å². The van der Waals surface area contributed by atoms with Crippen molar-refractivity contribution in [1.29, 1.82) is 0 Å². The van der Waals surface area contributed by atoms with Crippen molar-refractivity contribution in [3.63, 3.8) is 0 Å². The van der Waals surface area contributed by atoms with Crippen LogP contribution in [0.2, 0.25) is 0 Å². The van der Waals surface area contributed by atoms with Gasteiger partial charge in [0.15, 0.2) is 0 Å². The van der Waals surface area contributed by atoms with E-state index in [0.717, 1.165) is 4.91 Å². The van der Waals surface area contributed by atoms with Crippen LogP contribution in [0.5, 0.6) is 0 Å². The van der Waals surface area contributed by atoms with Crippen molar-refractivity contribution in [1.82, 2.24) is 4.90 Å². The quantitative estimate of drug-likeness (QED) is 0.540. The molecule has 2 unspecified atom stereocenters. The molecular weight excluding hydrogens is 154 g/mol. The number of allylic oxidation sites excluding steroid dienone is 1. The third-order valence-corrected chi connectivity index (χ3v) is 3.13. The molecule has 0 N–H and O–H groups in total. The fourth-order valence-electron chi connectivity index (χ4n) is 2.04. The maximum atomic E-state index is 4.35. The fraction of sp³-hybridized carbons (Fsp3) is 0.556. The van der Waals surface area contributed by atoms with Gasteiger partial charge in [0.25, 0.3) is 0 Å². The zero-order chi connectivity index (χ0) is 8.01. The van der Waals surface area contributed by atoms with Crippen LogP contribution < -0.4 is 0 Å². The number of nitrogens with zero attached hydrogens (tertiary/aromatic N) is 1. The van der Waals surface area contributed by atoms with Crippen LogP contribution in [0, 0.1) is 5.92 Å². The number of rotatable bonds is 0. The molecule has 0 aliphatic carbocycles. The van der Waals surface area contributed by atoms with Gasteiger partial charge in [-0.25, -0.2) is 0 Å². The molecular formula is C9H13NS. The summed E-state index contributed by atoms with van der Waals surface area (Å²) in [5.74, 6) is 0.706. The second kappa shape index (κ2) is 2.31. The van der Waals surface area contributed by atoms with Crippen LogP contribution in [0.25, 0.3) is 0 Å². The minimum atomic E-state index is 0.672. The lowest BCUT2D eigenvalue weighted by molar-refractivity contribution is 0.0407. The smallest absolute Gasteiger partial charge is 0.0342 e. The van der Waals surface area contributed by atoms with Crippen LogP contribution in [0.15, 0.2) is 23.3 Å². The maximum absolute atomic E-state index is 4.35. The van der Waals surface area contributed by atoms with Crippen LogP contribution in [0.3, 0.4) is 0 Å². The first kappa shape index (κ1) is 7.29. The minimum Gasteiger partial charge on any atom is -0.371 e. The van der Waals surface area contributed by atoms with Crippen molar-refractivity contribution < 1.29 is 0 Å². The van der Waals surface area contributed by atoms with Gasteiger partial charge >= 0.3 is 0 Å². The van der Waals surface area contributed by atoms with Crippen LogP contribution in [-0.2, 0) is 0 Å².